The summed E-state index contributed by atoms with van der Waals surface area (Å²) >= 11 is 1.54. The van der Waals surface area contributed by atoms with E-state index in [1.165, 1.54) is 40.5 Å². The van der Waals surface area contributed by atoms with E-state index >= 15 is 0 Å². The molecule has 0 bridgehead atoms. The van der Waals surface area contributed by atoms with Crippen LogP contribution in [0.1, 0.15) is 24.5 Å². The number of amides is 4. The van der Waals surface area contributed by atoms with Crippen LogP contribution in [0.4, 0.5) is 9.18 Å². The number of halogens is 1. The van der Waals surface area contributed by atoms with Crippen LogP contribution in [0, 0.1) is 5.82 Å². The molecular formula is C19H20FN3O3S. The molecule has 4 amide bonds. The van der Waals surface area contributed by atoms with Crippen molar-refractivity contribution in [1.29, 1.82) is 0 Å². The summed E-state index contributed by atoms with van der Waals surface area (Å²) < 4.78 is 13.2. The number of urea groups is 1. The molecule has 2 heterocycles. The van der Waals surface area contributed by atoms with E-state index in [9.17, 15) is 18.8 Å². The Bertz CT molecular complexity index is 854. The van der Waals surface area contributed by atoms with Crippen molar-refractivity contribution in [3.05, 3.63) is 58.0 Å². The van der Waals surface area contributed by atoms with Crippen molar-refractivity contribution in [3.63, 3.8) is 0 Å². The fraction of sp³-hybridized carbons (Fsp3) is 0.316. The van der Waals surface area contributed by atoms with Gasteiger partial charge in [-0.1, -0.05) is 19.1 Å². The zero-order valence-electron chi connectivity index (χ0n) is 15.1. The second kappa shape index (κ2) is 7.48. The number of likely N-dealkylation sites (N-methyl/N-ethyl adjacent to an activating group) is 1. The molecule has 1 aliphatic heterocycles. The van der Waals surface area contributed by atoms with Crippen molar-refractivity contribution in [2.45, 2.75) is 25.4 Å². The number of hydrogen-bond acceptors (Lipinski definition) is 4. The van der Waals surface area contributed by atoms with Crippen LogP contribution in [-0.4, -0.2) is 41.2 Å². The highest BCUT2D eigenvalue weighted by Crippen LogP contribution is 2.32. The number of benzene rings is 1. The van der Waals surface area contributed by atoms with Gasteiger partial charge in [0.15, 0.2) is 0 Å². The summed E-state index contributed by atoms with van der Waals surface area (Å²) in [4.78, 5) is 40.3. The molecule has 1 aliphatic rings. The van der Waals surface area contributed by atoms with Gasteiger partial charge in [0.25, 0.3) is 5.91 Å². The average Bonchev–Trinajstić information content (AvgIpc) is 3.24. The van der Waals surface area contributed by atoms with Crippen LogP contribution in [0.15, 0.2) is 41.1 Å². The predicted molar refractivity (Wildman–Crippen MR) is 99.4 cm³/mol. The molecule has 0 saturated carbocycles. The highest BCUT2D eigenvalue weighted by Gasteiger charge is 2.51. The number of hydrogen-bond donors (Lipinski definition) is 1. The van der Waals surface area contributed by atoms with Gasteiger partial charge in [0.1, 0.15) is 17.9 Å². The summed E-state index contributed by atoms with van der Waals surface area (Å²) in [5, 5.41) is 6.55. The zero-order chi connectivity index (χ0) is 19.6. The number of carbonyl (C=O) groups excluding carboxylic acids is 3. The van der Waals surface area contributed by atoms with Crippen molar-refractivity contribution >= 4 is 29.2 Å². The summed E-state index contributed by atoms with van der Waals surface area (Å²) in [5.74, 6) is -1.27. The molecule has 1 fully saturated rings. The van der Waals surface area contributed by atoms with Gasteiger partial charge in [-0.05, 0) is 46.5 Å². The fourth-order valence-electron chi connectivity index (χ4n) is 3.14. The Hall–Kier alpha value is -2.74. The molecule has 1 aromatic heterocycles. The molecule has 1 atom stereocenters. The summed E-state index contributed by atoms with van der Waals surface area (Å²) in [6.07, 6.45) is 0.290. The van der Waals surface area contributed by atoms with E-state index in [1.54, 1.807) is 14.0 Å². The summed E-state index contributed by atoms with van der Waals surface area (Å²) in [6, 6.07) is 6.74. The number of imide groups is 1. The third kappa shape index (κ3) is 3.57. The topological polar surface area (TPSA) is 69.7 Å². The number of carbonyl (C=O) groups is 3. The first-order chi connectivity index (χ1) is 12.9. The van der Waals surface area contributed by atoms with Crippen LogP contribution in [0.5, 0.6) is 0 Å². The van der Waals surface area contributed by atoms with Crippen LogP contribution < -0.4 is 5.32 Å². The summed E-state index contributed by atoms with van der Waals surface area (Å²) in [6.45, 7) is 1.83. The Kier molecular flexibility index (Phi) is 5.27. The van der Waals surface area contributed by atoms with Crippen molar-refractivity contribution in [1.82, 2.24) is 15.1 Å². The smallest absolute Gasteiger partial charge is 0.325 e. The maximum Gasteiger partial charge on any atom is 0.325 e. The molecular weight excluding hydrogens is 369 g/mol. The van der Waals surface area contributed by atoms with E-state index < -0.39 is 23.3 Å². The van der Waals surface area contributed by atoms with Crippen molar-refractivity contribution in [2.24, 2.45) is 0 Å². The van der Waals surface area contributed by atoms with E-state index in [-0.39, 0.29) is 12.5 Å². The van der Waals surface area contributed by atoms with Gasteiger partial charge < -0.3 is 10.2 Å². The molecule has 0 spiro atoms. The molecule has 8 heteroatoms. The largest absolute Gasteiger partial charge is 0.340 e. The number of nitrogens with one attached hydrogen (secondary N) is 1. The van der Waals surface area contributed by atoms with Crippen molar-refractivity contribution in [3.8, 4) is 0 Å². The molecule has 1 aromatic carbocycles. The van der Waals surface area contributed by atoms with Crippen LogP contribution in [-0.2, 0) is 21.7 Å². The first-order valence-corrected chi connectivity index (χ1v) is 9.47. The minimum absolute atomic E-state index is 0.290. The van der Waals surface area contributed by atoms with Gasteiger partial charge in [0.05, 0.1) is 0 Å². The Morgan fingerprint density at radius 2 is 1.96 bits per heavy atom. The first kappa shape index (κ1) is 19.0. The highest BCUT2D eigenvalue weighted by molar-refractivity contribution is 7.07. The monoisotopic (exact) mass is 389 g/mol. The van der Waals surface area contributed by atoms with Crippen molar-refractivity contribution < 1.29 is 18.8 Å². The standard InChI is InChI=1S/C19H20FN3O3S/c1-3-19(14-4-6-15(20)7-5-14)17(25)23(18(26)21-19)11-16(24)22(2)10-13-8-9-27-12-13/h4-9,12H,3,10-11H2,1-2H3,(H,21,26)/t19-/m1/s1. The van der Waals surface area contributed by atoms with E-state index in [4.69, 9.17) is 0 Å². The lowest BCUT2D eigenvalue weighted by Gasteiger charge is -2.26. The first-order valence-electron chi connectivity index (χ1n) is 8.52. The molecule has 3 rings (SSSR count). The molecule has 6 nitrogen and oxygen atoms in total. The predicted octanol–water partition coefficient (Wildman–Crippen LogP) is 2.70. The second-order valence-corrected chi connectivity index (χ2v) is 7.25. The molecule has 2 aromatic rings. The van der Waals surface area contributed by atoms with Gasteiger partial charge >= 0.3 is 6.03 Å². The van der Waals surface area contributed by atoms with Crippen LogP contribution in [0.25, 0.3) is 0 Å². The van der Waals surface area contributed by atoms with Gasteiger partial charge in [-0.15, -0.1) is 0 Å². The lowest BCUT2D eigenvalue weighted by molar-refractivity contribution is -0.138. The highest BCUT2D eigenvalue weighted by atomic mass is 32.1. The van der Waals surface area contributed by atoms with Crippen LogP contribution in [0.2, 0.25) is 0 Å². The maximum atomic E-state index is 13.2. The number of rotatable bonds is 6. The molecule has 0 radical (unpaired) electrons. The third-order valence-electron chi connectivity index (χ3n) is 4.76. The van der Waals surface area contributed by atoms with Crippen LogP contribution in [0.3, 0.4) is 0 Å². The Morgan fingerprint density at radius 3 is 2.56 bits per heavy atom. The molecule has 0 aliphatic carbocycles. The minimum atomic E-state index is -1.28. The molecule has 142 valence electrons. The van der Waals surface area contributed by atoms with Gasteiger partial charge in [-0.3, -0.25) is 14.5 Å². The normalized spacial score (nSPS) is 19.3. The lowest BCUT2D eigenvalue weighted by Crippen LogP contribution is -2.45. The molecule has 1 saturated heterocycles. The van der Waals surface area contributed by atoms with E-state index in [0.717, 1.165) is 10.5 Å². The fourth-order valence-corrected chi connectivity index (χ4v) is 3.80. The number of thiophene rings is 1. The summed E-state index contributed by atoms with van der Waals surface area (Å²) in [5.41, 5.74) is 0.199. The Labute approximate surface area is 160 Å². The third-order valence-corrected chi connectivity index (χ3v) is 5.49. The van der Waals surface area contributed by atoms with Crippen molar-refractivity contribution in [2.75, 3.05) is 13.6 Å². The zero-order valence-corrected chi connectivity index (χ0v) is 15.9. The SMILES string of the molecule is CC[C@]1(c2ccc(F)cc2)NC(=O)N(CC(=O)N(C)Cc2ccsc2)C1=O. The second-order valence-electron chi connectivity index (χ2n) is 6.47. The Balaban J connectivity index is 1.76. The molecule has 27 heavy (non-hydrogen) atoms. The van der Waals surface area contributed by atoms with Gasteiger partial charge in [-0.2, -0.15) is 11.3 Å². The molecule has 1 N–H and O–H groups in total. The van der Waals surface area contributed by atoms with Gasteiger partial charge in [0, 0.05) is 13.6 Å². The number of nitrogens with zero attached hydrogens (tertiary/aromatic N) is 2. The molecule has 0 unspecified atom stereocenters. The summed E-state index contributed by atoms with van der Waals surface area (Å²) in [7, 11) is 1.63. The van der Waals surface area contributed by atoms with Crippen LogP contribution >= 0.6 is 11.3 Å². The van der Waals surface area contributed by atoms with Gasteiger partial charge in [-0.25, -0.2) is 9.18 Å². The maximum absolute atomic E-state index is 13.2. The lowest BCUT2D eigenvalue weighted by atomic mass is 9.87. The quantitative estimate of drug-likeness (QED) is 0.773. The average molecular weight is 389 g/mol. The van der Waals surface area contributed by atoms with E-state index in [2.05, 4.69) is 5.32 Å². The van der Waals surface area contributed by atoms with E-state index in [0.29, 0.717) is 18.5 Å². The Morgan fingerprint density at radius 1 is 1.26 bits per heavy atom. The van der Waals surface area contributed by atoms with Gasteiger partial charge in [0.2, 0.25) is 5.91 Å². The van der Waals surface area contributed by atoms with E-state index in [1.807, 2.05) is 16.8 Å². The minimum Gasteiger partial charge on any atom is -0.340 e.